The topological polar surface area (TPSA) is 18.5 Å². The van der Waals surface area contributed by atoms with Gasteiger partial charge < -0.3 is 9.47 Å². The monoisotopic (exact) mass is 254 g/mol. The number of hydrogen-bond acceptors (Lipinski definition) is 2. The molecule has 3 rings (SSSR count). The Morgan fingerprint density at radius 3 is 2.26 bits per heavy atom. The molecule has 0 N–H and O–H groups in total. The number of benzene rings is 2. The molecule has 0 amide bonds. The van der Waals surface area contributed by atoms with Crippen LogP contribution in [0.1, 0.15) is 16.7 Å². The van der Waals surface area contributed by atoms with E-state index in [1.165, 1.54) is 16.7 Å². The first kappa shape index (κ1) is 12.4. The maximum atomic E-state index is 5.49. The molecule has 0 bridgehead atoms. The van der Waals surface area contributed by atoms with Crippen molar-refractivity contribution in [1.82, 2.24) is 0 Å². The molecule has 1 aliphatic rings. The molecule has 0 spiro atoms. The van der Waals surface area contributed by atoms with Gasteiger partial charge in [0, 0.05) is 6.42 Å². The van der Waals surface area contributed by atoms with E-state index in [1.54, 1.807) is 0 Å². The van der Waals surface area contributed by atoms with Crippen LogP contribution in [-0.2, 0) is 22.3 Å². The van der Waals surface area contributed by atoms with Crippen LogP contribution in [0.4, 0.5) is 0 Å². The molecular formula is C17H18O2. The van der Waals surface area contributed by atoms with Crippen LogP contribution in [0.3, 0.4) is 0 Å². The molecule has 98 valence electrons. The smallest absolute Gasteiger partial charge is 0.161 e. The first-order valence-corrected chi connectivity index (χ1v) is 6.75. The maximum absolute atomic E-state index is 5.49. The maximum Gasteiger partial charge on any atom is 0.161 e. The molecule has 2 heteroatoms. The van der Waals surface area contributed by atoms with Crippen molar-refractivity contribution in [1.29, 1.82) is 0 Å². The van der Waals surface area contributed by atoms with E-state index in [-0.39, 0.29) is 6.29 Å². The summed E-state index contributed by atoms with van der Waals surface area (Å²) in [5, 5.41) is 0. The summed E-state index contributed by atoms with van der Waals surface area (Å²) >= 11 is 0. The standard InChI is InChI=1S/C17H18O2/c1-2-5-14(6-3-1)11-15-7-4-8-16(12-15)13-17-18-9-10-19-17/h1-8,12,17H,9-11,13H2. The van der Waals surface area contributed by atoms with Gasteiger partial charge in [0.2, 0.25) is 0 Å². The minimum atomic E-state index is -0.0630. The van der Waals surface area contributed by atoms with Crippen molar-refractivity contribution in [2.24, 2.45) is 0 Å². The summed E-state index contributed by atoms with van der Waals surface area (Å²) in [6, 6.07) is 19.2. The predicted molar refractivity (Wildman–Crippen MR) is 75.1 cm³/mol. The average molecular weight is 254 g/mol. The van der Waals surface area contributed by atoms with Gasteiger partial charge in [-0.05, 0) is 23.1 Å². The molecule has 1 heterocycles. The van der Waals surface area contributed by atoms with Gasteiger partial charge in [-0.25, -0.2) is 0 Å². The van der Waals surface area contributed by atoms with E-state index < -0.39 is 0 Å². The van der Waals surface area contributed by atoms with Crippen LogP contribution in [0.2, 0.25) is 0 Å². The molecule has 1 fully saturated rings. The van der Waals surface area contributed by atoms with Crippen molar-refractivity contribution in [2.75, 3.05) is 13.2 Å². The quantitative estimate of drug-likeness (QED) is 0.834. The Balaban J connectivity index is 1.69. The summed E-state index contributed by atoms with van der Waals surface area (Å²) in [7, 11) is 0. The Morgan fingerprint density at radius 1 is 0.789 bits per heavy atom. The van der Waals surface area contributed by atoms with E-state index in [2.05, 4.69) is 54.6 Å². The molecule has 0 radical (unpaired) electrons. The average Bonchev–Trinajstić information content (AvgIpc) is 2.93. The van der Waals surface area contributed by atoms with Crippen LogP contribution in [-0.4, -0.2) is 19.5 Å². The molecule has 0 aliphatic carbocycles. The molecule has 2 aromatic carbocycles. The van der Waals surface area contributed by atoms with E-state index >= 15 is 0 Å². The van der Waals surface area contributed by atoms with Gasteiger partial charge in [0.25, 0.3) is 0 Å². The zero-order chi connectivity index (χ0) is 12.9. The second-order valence-corrected chi connectivity index (χ2v) is 4.86. The summed E-state index contributed by atoms with van der Waals surface area (Å²) in [5.74, 6) is 0. The van der Waals surface area contributed by atoms with E-state index in [9.17, 15) is 0 Å². The van der Waals surface area contributed by atoms with Crippen molar-refractivity contribution < 1.29 is 9.47 Å². The van der Waals surface area contributed by atoms with Crippen LogP contribution < -0.4 is 0 Å². The lowest BCUT2D eigenvalue weighted by Crippen LogP contribution is -2.11. The summed E-state index contributed by atoms with van der Waals surface area (Å²) < 4.78 is 11.0. The van der Waals surface area contributed by atoms with Crippen LogP contribution in [0.5, 0.6) is 0 Å². The molecule has 1 saturated heterocycles. The lowest BCUT2D eigenvalue weighted by atomic mass is 10.0. The second kappa shape index (κ2) is 6.00. The third-order valence-corrected chi connectivity index (χ3v) is 3.34. The molecule has 19 heavy (non-hydrogen) atoms. The Bertz CT molecular complexity index is 516. The highest BCUT2D eigenvalue weighted by Gasteiger charge is 2.16. The lowest BCUT2D eigenvalue weighted by molar-refractivity contribution is -0.0400. The Morgan fingerprint density at radius 2 is 1.47 bits per heavy atom. The van der Waals surface area contributed by atoms with Gasteiger partial charge >= 0.3 is 0 Å². The summed E-state index contributed by atoms with van der Waals surface area (Å²) in [5.41, 5.74) is 3.95. The molecule has 2 nitrogen and oxygen atoms in total. The second-order valence-electron chi connectivity index (χ2n) is 4.86. The molecule has 2 aromatic rings. The van der Waals surface area contributed by atoms with Gasteiger partial charge in [0.1, 0.15) is 0 Å². The van der Waals surface area contributed by atoms with Crippen molar-refractivity contribution >= 4 is 0 Å². The lowest BCUT2D eigenvalue weighted by Gasteiger charge is -2.10. The fraction of sp³-hybridized carbons (Fsp3) is 0.294. The highest BCUT2D eigenvalue weighted by Crippen LogP contribution is 2.15. The van der Waals surface area contributed by atoms with Crippen LogP contribution in [0.15, 0.2) is 54.6 Å². The molecule has 0 unspecified atom stereocenters. The number of hydrogen-bond donors (Lipinski definition) is 0. The summed E-state index contributed by atoms with van der Waals surface area (Å²) in [4.78, 5) is 0. The Labute approximate surface area is 114 Å². The summed E-state index contributed by atoms with van der Waals surface area (Å²) in [6.07, 6.45) is 1.75. The first-order valence-electron chi connectivity index (χ1n) is 6.75. The fourth-order valence-corrected chi connectivity index (χ4v) is 2.42. The fourth-order valence-electron chi connectivity index (χ4n) is 2.42. The SMILES string of the molecule is c1ccc(Cc2cccc(CC3OCCO3)c2)cc1. The predicted octanol–water partition coefficient (Wildman–Crippen LogP) is 3.19. The molecule has 0 atom stereocenters. The van der Waals surface area contributed by atoms with E-state index in [0.29, 0.717) is 13.2 Å². The van der Waals surface area contributed by atoms with Crippen LogP contribution in [0, 0.1) is 0 Å². The van der Waals surface area contributed by atoms with Crippen molar-refractivity contribution in [2.45, 2.75) is 19.1 Å². The van der Waals surface area contributed by atoms with Gasteiger partial charge in [0.05, 0.1) is 13.2 Å². The normalized spacial score (nSPS) is 15.8. The number of ether oxygens (including phenoxy) is 2. The van der Waals surface area contributed by atoms with E-state index in [0.717, 1.165) is 12.8 Å². The summed E-state index contributed by atoms with van der Waals surface area (Å²) in [6.45, 7) is 1.43. The van der Waals surface area contributed by atoms with Gasteiger partial charge in [0.15, 0.2) is 6.29 Å². The molecule has 0 aromatic heterocycles. The minimum Gasteiger partial charge on any atom is -0.350 e. The van der Waals surface area contributed by atoms with Crippen molar-refractivity contribution in [3.8, 4) is 0 Å². The van der Waals surface area contributed by atoms with Gasteiger partial charge in [-0.3, -0.25) is 0 Å². The highest BCUT2D eigenvalue weighted by molar-refractivity contribution is 5.29. The Kier molecular flexibility index (Phi) is 3.92. The van der Waals surface area contributed by atoms with Gasteiger partial charge in [-0.1, -0.05) is 54.6 Å². The highest BCUT2D eigenvalue weighted by atomic mass is 16.7. The Hall–Kier alpha value is -1.64. The van der Waals surface area contributed by atoms with E-state index in [1.807, 2.05) is 0 Å². The van der Waals surface area contributed by atoms with Crippen molar-refractivity contribution in [3.05, 3.63) is 71.3 Å². The third-order valence-electron chi connectivity index (χ3n) is 3.34. The zero-order valence-corrected chi connectivity index (χ0v) is 10.9. The first-order chi connectivity index (χ1) is 9.40. The molecule has 0 saturated carbocycles. The van der Waals surface area contributed by atoms with Gasteiger partial charge in [-0.2, -0.15) is 0 Å². The number of rotatable bonds is 4. The largest absolute Gasteiger partial charge is 0.350 e. The van der Waals surface area contributed by atoms with E-state index in [4.69, 9.17) is 9.47 Å². The minimum absolute atomic E-state index is 0.0630. The van der Waals surface area contributed by atoms with Crippen LogP contribution in [0.25, 0.3) is 0 Å². The van der Waals surface area contributed by atoms with Crippen LogP contribution >= 0.6 is 0 Å². The zero-order valence-electron chi connectivity index (χ0n) is 10.9. The van der Waals surface area contributed by atoms with Gasteiger partial charge in [-0.15, -0.1) is 0 Å². The van der Waals surface area contributed by atoms with Crippen molar-refractivity contribution in [3.63, 3.8) is 0 Å². The third kappa shape index (κ3) is 3.43. The molecular weight excluding hydrogens is 236 g/mol. The molecule has 1 aliphatic heterocycles.